The Hall–Kier alpha value is -2.43. The van der Waals surface area contributed by atoms with Crippen molar-refractivity contribution in [2.45, 2.75) is 26.7 Å². The molecular weight excluding hydrogens is 266 g/mol. The average Bonchev–Trinajstić information content (AvgIpc) is 2.48. The van der Waals surface area contributed by atoms with Crippen LogP contribution in [0.15, 0.2) is 30.3 Å². The maximum absolute atomic E-state index is 11.3. The van der Waals surface area contributed by atoms with Crippen molar-refractivity contribution in [3.8, 4) is 0 Å². The normalized spacial score (nSPS) is 10.4. The van der Waals surface area contributed by atoms with Crippen LogP contribution in [0, 0.1) is 13.8 Å². The predicted octanol–water partition coefficient (Wildman–Crippen LogP) is 2.84. The lowest BCUT2D eigenvalue weighted by atomic mass is 10.1. The summed E-state index contributed by atoms with van der Waals surface area (Å²) in [6.45, 7) is 4.17. The highest BCUT2D eigenvalue weighted by molar-refractivity contribution is 5.94. The van der Waals surface area contributed by atoms with E-state index >= 15 is 0 Å². The molecule has 5 heteroatoms. The first-order valence-corrected chi connectivity index (χ1v) is 6.94. The van der Waals surface area contributed by atoms with Crippen LogP contribution in [-0.4, -0.2) is 27.8 Å². The molecule has 110 valence electrons. The quantitative estimate of drug-likeness (QED) is 0.798. The Labute approximate surface area is 124 Å². The predicted molar refractivity (Wildman–Crippen MR) is 81.7 cm³/mol. The molecule has 0 aliphatic rings. The van der Waals surface area contributed by atoms with Crippen molar-refractivity contribution in [2.75, 3.05) is 11.9 Å². The van der Waals surface area contributed by atoms with Crippen molar-refractivity contribution in [3.05, 3.63) is 52.7 Å². The summed E-state index contributed by atoms with van der Waals surface area (Å²) in [6, 6.07) is 10.2. The molecule has 0 aliphatic carbocycles. The molecule has 1 aromatic heterocycles. The second kappa shape index (κ2) is 6.83. The van der Waals surface area contributed by atoms with E-state index in [1.165, 1.54) is 5.56 Å². The number of aryl methyl sites for hydroxylation is 2. The summed E-state index contributed by atoms with van der Waals surface area (Å²) < 4.78 is 0. The molecule has 0 amide bonds. The van der Waals surface area contributed by atoms with Gasteiger partial charge in [0.2, 0.25) is 0 Å². The third kappa shape index (κ3) is 3.78. The van der Waals surface area contributed by atoms with Crippen molar-refractivity contribution in [3.63, 3.8) is 0 Å². The van der Waals surface area contributed by atoms with Gasteiger partial charge in [-0.05, 0) is 37.8 Å². The lowest BCUT2D eigenvalue weighted by Gasteiger charge is -2.11. The van der Waals surface area contributed by atoms with E-state index in [2.05, 4.69) is 27.6 Å². The molecule has 0 saturated heterocycles. The standard InChI is InChI=1S/C16H19N3O2/c1-11-12(2)18-19-15(14(11)16(20)21)17-10-6-9-13-7-4-3-5-8-13/h3-5,7-8H,6,9-10H2,1-2H3,(H,17,19)(H,20,21). The number of carboxylic acid groups (broad SMARTS) is 1. The fourth-order valence-electron chi connectivity index (χ4n) is 2.14. The molecule has 21 heavy (non-hydrogen) atoms. The maximum atomic E-state index is 11.3. The van der Waals surface area contributed by atoms with E-state index in [1.54, 1.807) is 13.8 Å². The number of hydrogen-bond donors (Lipinski definition) is 2. The van der Waals surface area contributed by atoms with Gasteiger partial charge in [0.1, 0.15) is 5.56 Å². The third-order valence-electron chi connectivity index (χ3n) is 3.45. The second-order valence-corrected chi connectivity index (χ2v) is 4.96. The molecular formula is C16H19N3O2. The highest BCUT2D eigenvalue weighted by Crippen LogP contribution is 2.18. The van der Waals surface area contributed by atoms with Gasteiger partial charge in [-0.25, -0.2) is 4.79 Å². The van der Waals surface area contributed by atoms with Crippen LogP contribution >= 0.6 is 0 Å². The van der Waals surface area contributed by atoms with Crippen molar-refractivity contribution in [2.24, 2.45) is 0 Å². The molecule has 0 aliphatic heterocycles. The first-order valence-electron chi connectivity index (χ1n) is 6.94. The first kappa shape index (κ1) is 15.0. The lowest BCUT2D eigenvalue weighted by Crippen LogP contribution is -2.14. The van der Waals surface area contributed by atoms with Gasteiger partial charge in [0.25, 0.3) is 0 Å². The minimum atomic E-state index is -0.976. The Bertz CT molecular complexity index is 627. The van der Waals surface area contributed by atoms with E-state index in [0.717, 1.165) is 12.8 Å². The van der Waals surface area contributed by atoms with Gasteiger partial charge in [-0.2, -0.15) is 5.10 Å². The summed E-state index contributed by atoms with van der Waals surface area (Å²) in [7, 11) is 0. The van der Waals surface area contributed by atoms with E-state index in [4.69, 9.17) is 0 Å². The Balaban J connectivity index is 1.97. The molecule has 0 saturated carbocycles. The van der Waals surface area contributed by atoms with E-state index in [9.17, 15) is 9.90 Å². The van der Waals surface area contributed by atoms with Gasteiger partial charge < -0.3 is 10.4 Å². The van der Waals surface area contributed by atoms with Gasteiger partial charge in [0.15, 0.2) is 5.82 Å². The molecule has 5 nitrogen and oxygen atoms in total. The highest BCUT2D eigenvalue weighted by Gasteiger charge is 2.17. The topological polar surface area (TPSA) is 75.1 Å². The summed E-state index contributed by atoms with van der Waals surface area (Å²) in [5.41, 5.74) is 2.77. The van der Waals surface area contributed by atoms with Crippen LogP contribution in [-0.2, 0) is 6.42 Å². The summed E-state index contributed by atoms with van der Waals surface area (Å²) in [6.07, 6.45) is 1.84. The van der Waals surface area contributed by atoms with E-state index in [1.807, 2.05) is 18.2 Å². The molecule has 0 spiro atoms. The number of carbonyl (C=O) groups is 1. The van der Waals surface area contributed by atoms with E-state index in [0.29, 0.717) is 23.6 Å². The first-order chi connectivity index (χ1) is 10.1. The fourth-order valence-corrected chi connectivity index (χ4v) is 2.14. The van der Waals surface area contributed by atoms with Gasteiger partial charge in [0, 0.05) is 6.54 Å². The average molecular weight is 285 g/mol. The minimum Gasteiger partial charge on any atom is -0.478 e. The SMILES string of the molecule is Cc1nnc(NCCCc2ccccc2)c(C(=O)O)c1C. The molecule has 2 N–H and O–H groups in total. The van der Waals surface area contributed by atoms with Gasteiger partial charge in [0.05, 0.1) is 5.69 Å². The van der Waals surface area contributed by atoms with E-state index < -0.39 is 5.97 Å². The summed E-state index contributed by atoms with van der Waals surface area (Å²) in [5, 5.41) is 20.3. The zero-order chi connectivity index (χ0) is 15.2. The Morgan fingerprint density at radius 3 is 2.57 bits per heavy atom. The molecule has 0 atom stereocenters. The number of anilines is 1. The summed E-state index contributed by atoms with van der Waals surface area (Å²) in [4.78, 5) is 11.3. The zero-order valence-electron chi connectivity index (χ0n) is 12.3. The minimum absolute atomic E-state index is 0.210. The van der Waals surface area contributed by atoms with Crippen LogP contribution in [0.5, 0.6) is 0 Å². The van der Waals surface area contributed by atoms with Crippen LogP contribution in [0.4, 0.5) is 5.82 Å². The largest absolute Gasteiger partial charge is 0.478 e. The number of aromatic carboxylic acids is 1. The highest BCUT2D eigenvalue weighted by atomic mass is 16.4. The molecule has 0 radical (unpaired) electrons. The van der Waals surface area contributed by atoms with E-state index in [-0.39, 0.29) is 5.56 Å². The number of aromatic nitrogens is 2. The summed E-state index contributed by atoms with van der Waals surface area (Å²) >= 11 is 0. The van der Waals surface area contributed by atoms with Crippen LogP contribution in [0.25, 0.3) is 0 Å². The zero-order valence-corrected chi connectivity index (χ0v) is 12.3. The van der Waals surface area contributed by atoms with Crippen molar-refractivity contribution < 1.29 is 9.90 Å². The van der Waals surface area contributed by atoms with Crippen LogP contribution in [0.3, 0.4) is 0 Å². The van der Waals surface area contributed by atoms with Gasteiger partial charge in [-0.15, -0.1) is 5.10 Å². The molecule has 2 aromatic rings. The third-order valence-corrected chi connectivity index (χ3v) is 3.45. The summed E-state index contributed by atoms with van der Waals surface area (Å²) in [5.74, 6) is -0.630. The van der Waals surface area contributed by atoms with Crippen LogP contribution < -0.4 is 5.32 Å². The van der Waals surface area contributed by atoms with Crippen LogP contribution in [0.2, 0.25) is 0 Å². The molecule has 2 rings (SSSR count). The van der Waals surface area contributed by atoms with Gasteiger partial charge in [-0.1, -0.05) is 30.3 Å². The molecule has 0 bridgehead atoms. The monoisotopic (exact) mass is 285 g/mol. The molecule has 1 aromatic carbocycles. The van der Waals surface area contributed by atoms with Crippen molar-refractivity contribution in [1.29, 1.82) is 0 Å². The lowest BCUT2D eigenvalue weighted by molar-refractivity contribution is 0.0696. The molecule has 0 unspecified atom stereocenters. The second-order valence-electron chi connectivity index (χ2n) is 4.96. The molecule has 1 heterocycles. The number of carboxylic acids is 1. The maximum Gasteiger partial charge on any atom is 0.339 e. The number of benzene rings is 1. The fraction of sp³-hybridized carbons (Fsp3) is 0.312. The van der Waals surface area contributed by atoms with Crippen LogP contribution in [0.1, 0.15) is 33.6 Å². The number of nitrogens with one attached hydrogen (secondary N) is 1. The molecule has 0 fully saturated rings. The Morgan fingerprint density at radius 1 is 1.19 bits per heavy atom. The number of rotatable bonds is 6. The smallest absolute Gasteiger partial charge is 0.339 e. The number of hydrogen-bond acceptors (Lipinski definition) is 4. The Morgan fingerprint density at radius 2 is 1.90 bits per heavy atom. The van der Waals surface area contributed by atoms with Crippen molar-refractivity contribution in [1.82, 2.24) is 10.2 Å². The van der Waals surface area contributed by atoms with Gasteiger partial charge >= 0.3 is 5.97 Å². The van der Waals surface area contributed by atoms with Crippen molar-refractivity contribution >= 4 is 11.8 Å². The Kier molecular flexibility index (Phi) is 4.87. The van der Waals surface area contributed by atoms with Gasteiger partial charge in [-0.3, -0.25) is 0 Å². The number of nitrogens with zero attached hydrogens (tertiary/aromatic N) is 2.